The van der Waals surface area contributed by atoms with Crippen LogP contribution < -0.4 is 0 Å². The molecule has 0 aliphatic rings. The molecule has 0 heterocycles. The lowest BCUT2D eigenvalue weighted by Gasteiger charge is -2.10. The highest BCUT2D eigenvalue weighted by Crippen LogP contribution is 2.30. The molecule has 0 bridgehead atoms. The van der Waals surface area contributed by atoms with E-state index in [1.54, 1.807) is 6.92 Å². The second-order valence-corrected chi connectivity index (χ2v) is 7.31. The van der Waals surface area contributed by atoms with E-state index in [1.165, 1.54) is 6.07 Å². The second-order valence-electron chi connectivity index (χ2n) is 4.89. The number of nitrogens with zero attached hydrogens (tertiary/aromatic N) is 1. The molecule has 0 saturated heterocycles. The summed E-state index contributed by atoms with van der Waals surface area (Å²) in [5, 5.41) is 10.3. The van der Waals surface area contributed by atoms with Gasteiger partial charge in [-0.15, -0.1) is 0 Å². The predicted molar refractivity (Wildman–Crippen MR) is 84.2 cm³/mol. The number of rotatable bonds is 8. The van der Waals surface area contributed by atoms with Crippen LogP contribution >= 0.6 is 11.6 Å². The fourth-order valence-electron chi connectivity index (χ4n) is 2.13. The Balaban J connectivity index is 3.45. The smallest absolute Gasteiger partial charge is 0.276 e. The fourth-order valence-corrected chi connectivity index (χ4v) is 3.88. The number of carbonyl (C=O) groups excluding carboxylic acids is 1. The third kappa shape index (κ3) is 4.27. The van der Waals surface area contributed by atoms with Gasteiger partial charge in [0.2, 0.25) is 0 Å². The van der Waals surface area contributed by atoms with Crippen molar-refractivity contribution in [2.45, 2.75) is 44.4 Å². The summed E-state index contributed by atoms with van der Waals surface area (Å²) in [4.78, 5) is 21.4. The van der Waals surface area contributed by atoms with Gasteiger partial charge in [-0.2, -0.15) is 0 Å². The fraction of sp³-hybridized carbons (Fsp3) is 0.500. The Morgan fingerprint density at radius 3 is 2.36 bits per heavy atom. The van der Waals surface area contributed by atoms with Crippen molar-refractivity contribution in [2.75, 3.05) is 5.75 Å². The Bertz CT molecular complexity index is 685. The summed E-state index contributed by atoms with van der Waals surface area (Å²) in [7, 11) is -3.78. The van der Waals surface area contributed by atoms with Crippen LogP contribution in [0.3, 0.4) is 0 Å². The van der Waals surface area contributed by atoms with E-state index in [0.29, 0.717) is 18.4 Å². The molecular weight excluding hydrogens is 330 g/mol. The molecule has 22 heavy (non-hydrogen) atoms. The largest absolute Gasteiger partial charge is 0.288 e. The Labute approximate surface area is 134 Å². The first-order chi connectivity index (χ1) is 10.2. The van der Waals surface area contributed by atoms with Gasteiger partial charge in [0, 0.05) is 11.6 Å². The lowest BCUT2D eigenvalue weighted by atomic mass is 10.1. The van der Waals surface area contributed by atoms with E-state index in [4.69, 9.17) is 11.6 Å². The number of halogens is 1. The van der Waals surface area contributed by atoms with E-state index in [0.717, 1.165) is 18.9 Å². The van der Waals surface area contributed by atoms with Crippen molar-refractivity contribution >= 4 is 32.4 Å². The number of hydrogen-bond donors (Lipinski definition) is 0. The van der Waals surface area contributed by atoms with Crippen LogP contribution in [0.4, 0.5) is 5.69 Å². The summed E-state index contributed by atoms with van der Waals surface area (Å²) < 4.78 is 24.7. The summed E-state index contributed by atoms with van der Waals surface area (Å²) in [6, 6.07) is 2.16. The molecule has 0 aromatic heterocycles. The zero-order valence-corrected chi connectivity index (χ0v) is 14.0. The highest BCUT2D eigenvalue weighted by atomic mass is 35.5. The van der Waals surface area contributed by atoms with E-state index in [-0.39, 0.29) is 16.2 Å². The number of unbranched alkanes of at least 4 members (excludes halogenated alkanes) is 2. The van der Waals surface area contributed by atoms with Crippen LogP contribution in [-0.2, 0) is 16.3 Å². The van der Waals surface area contributed by atoms with Gasteiger partial charge in [-0.25, -0.2) is 8.42 Å². The van der Waals surface area contributed by atoms with Gasteiger partial charge in [-0.3, -0.25) is 14.9 Å². The van der Waals surface area contributed by atoms with E-state index >= 15 is 0 Å². The molecule has 8 heteroatoms. The lowest BCUT2D eigenvalue weighted by molar-refractivity contribution is -0.387. The molecule has 0 saturated carbocycles. The van der Waals surface area contributed by atoms with E-state index in [1.807, 2.05) is 6.92 Å². The average Bonchev–Trinajstić information content (AvgIpc) is 2.45. The van der Waals surface area contributed by atoms with E-state index in [2.05, 4.69) is 0 Å². The van der Waals surface area contributed by atoms with E-state index < -0.39 is 25.7 Å². The third-order valence-corrected chi connectivity index (χ3v) is 5.35. The summed E-state index contributed by atoms with van der Waals surface area (Å²) in [5.74, 6) is -0.154. The van der Waals surface area contributed by atoms with Gasteiger partial charge in [-0.1, -0.05) is 26.7 Å². The molecule has 122 valence electrons. The molecule has 0 atom stereocenters. The van der Waals surface area contributed by atoms with Gasteiger partial charge < -0.3 is 0 Å². The first-order valence-corrected chi connectivity index (χ1v) is 9.01. The van der Waals surface area contributed by atoms with Crippen molar-refractivity contribution in [1.82, 2.24) is 0 Å². The van der Waals surface area contributed by atoms with Gasteiger partial charge >= 0.3 is 0 Å². The predicted octanol–water partition coefficient (Wildman–Crippen LogP) is 3.50. The Kier molecular flexibility index (Phi) is 6.49. The van der Waals surface area contributed by atoms with Gasteiger partial charge in [-0.05, 0) is 36.1 Å². The first-order valence-electron chi connectivity index (χ1n) is 6.98. The Morgan fingerprint density at radius 1 is 1.27 bits per heavy atom. The minimum absolute atomic E-state index is 0.0247. The summed E-state index contributed by atoms with van der Waals surface area (Å²) in [6.07, 6.45) is 2.36. The van der Waals surface area contributed by atoms with Crippen molar-refractivity contribution in [3.8, 4) is 0 Å². The standard InChI is InChI=1S/C14H18ClNO5S/c1-3-5-6-7-22(20,21)13-8-10(4-2)11(14(15)17)9-12(13)16(18)19/h8-9H,3-7H2,1-2H3. The van der Waals surface area contributed by atoms with Gasteiger partial charge in [0.05, 0.1) is 10.7 Å². The number of hydrogen-bond acceptors (Lipinski definition) is 5. The van der Waals surface area contributed by atoms with Crippen LogP contribution in [0.2, 0.25) is 0 Å². The van der Waals surface area contributed by atoms with Crippen molar-refractivity contribution in [3.63, 3.8) is 0 Å². The van der Waals surface area contributed by atoms with Crippen LogP contribution in [0.5, 0.6) is 0 Å². The maximum atomic E-state index is 12.4. The molecule has 0 fully saturated rings. The number of nitro benzene ring substituents is 1. The minimum atomic E-state index is -3.78. The third-order valence-electron chi connectivity index (χ3n) is 3.33. The molecule has 1 aromatic carbocycles. The van der Waals surface area contributed by atoms with Crippen LogP contribution in [0.25, 0.3) is 0 Å². The van der Waals surface area contributed by atoms with Gasteiger partial charge in [0.1, 0.15) is 4.90 Å². The Morgan fingerprint density at radius 2 is 1.91 bits per heavy atom. The van der Waals surface area contributed by atoms with Crippen molar-refractivity contribution < 1.29 is 18.1 Å². The lowest BCUT2D eigenvalue weighted by Crippen LogP contribution is -2.12. The molecule has 0 N–H and O–H groups in total. The van der Waals surface area contributed by atoms with Gasteiger partial charge in [0.25, 0.3) is 10.9 Å². The maximum Gasteiger partial charge on any atom is 0.288 e. The van der Waals surface area contributed by atoms with Crippen LogP contribution in [0, 0.1) is 10.1 Å². The molecule has 0 aliphatic carbocycles. The minimum Gasteiger partial charge on any atom is -0.276 e. The zero-order chi connectivity index (χ0) is 16.9. The number of carbonyl (C=O) groups is 1. The summed E-state index contributed by atoms with van der Waals surface area (Å²) in [5.41, 5.74) is -0.235. The highest BCUT2D eigenvalue weighted by molar-refractivity contribution is 7.91. The number of benzene rings is 1. The molecule has 0 radical (unpaired) electrons. The highest BCUT2D eigenvalue weighted by Gasteiger charge is 2.28. The number of nitro groups is 1. The molecule has 0 spiro atoms. The van der Waals surface area contributed by atoms with Crippen molar-refractivity contribution in [1.29, 1.82) is 0 Å². The van der Waals surface area contributed by atoms with Crippen molar-refractivity contribution in [2.24, 2.45) is 0 Å². The molecule has 0 unspecified atom stereocenters. The topological polar surface area (TPSA) is 94.3 Å². The summed E-state index contributed by atoms with van der Waals surface area (Å²) in [6.45, 7) is 3.66. The van der Waals surface area contributed by atoms with E-state index in [9.17, 15) is 23.3 Å². The summed E-state index contributed by atoms with van der Waals surface area (Å²) >= 11 is 5.42. The second kappa shape index (κ2) is 7.69. The zero-order valence-electron chi connectivity index (χ0n) is 12.5. The normalized spacial score (nSPS) is 11.4. The molecule has 6 nitrogen and oxygen atoms in total. The maximum absolute atomic E-state index is 12.4. The van der Waals surface area contributed by atoms with Crippen LogP contribution in [-0.4, -0.2) is 24.3 Å². The molecule has 1 aromatic rings. The number of aryl methyl sites for hydroxylation is 1. The molecule has 0 aliphatic heterocycles. The molecule has 0 amide bonds. The quantitative estimate of drug-likeness (QED) is 0.310. The van der Waals surface area contributed by atoms with Crippen LogP contribution in [0.1, 0.15) is 49.0 Å². The monoisotopic (exact) mass is 347 g/mol. The first kappa shape index (κ1) is 18.6. The van der Waals surface area contributed by atoms with Gasteiger partial charge in [0.15, 0.2) is 9.84 Å². The average molecular weight is 348 g/mol. The Hall–Kier alpha value is -1.47. The van der Waals surface area contributed by atoms with Crippen molar-refractivity contribution in [3.05, 3.63) is 33.4 Å². The van der Waals surface area contributed by atoms with Crippen LogP contribution in [0.15, 0.2) is 17.0 Å². The number of sulfone groups is 1. The molecule has 1 rings (SSSR count). The molecular formula is C14H18ClNO5S. The SMILES string of the molecule is CCCCCS(=O)(=O)c1cc(CC)c(C(=O)Cl)cc1[N+](=O)[O-].